The van der Waals surface area contributed by atoms with E-state index in [1.807, 2.05) is 66.2 Å². The summed E-state index contributed by atoms with van der Waals surface area (Å²) >= 11 is 1.80. The van der Waals surface area contributed by atoms with Gasteiger partial charge in [-0.05, 0) is 31.2 Å². The molecule has 0 radical (unpaired) electrons. The first kappa shape index (κ1) is 17.2. The monoisotopic (exact) mass is 393 g/mol. The lowest BCUT2D eigenvalue weighted by Gasteiger charge is -2.31. The normalized spacial score (nSPS) is 19.9. The number of rotatable bonds is 3. The molecular weight excluding hydrogens is 374 g/mol. The first-order chi connectivity index (χ1) is 13.7. The summed E-state index contributed by atoms with van der Waals surface area (Å²) in [5, 5.41) is 7.79. The Labute approximate surface area is 166 Å². The molecule has 0 fully saturated rings. The third kappa shape index (κ3) is 2.92. The summed E-state index contributed by atoms with van der Waals surface area (Å²) < 4.78 is 13.6. The number of aromatic nitrogens is 2. The Balaban J connectivity index is 1.46. The molecule has 2 aliphatic rings. The topological polar surface area (TPSA) is 65.4 Å². The van der Waals surface area contributed by atoms with Crippen molar-refractivity contribution in [3.05, 3.63) is 65.9 Å². The molecule has 6 nitrogen and oxygen atoms in total. The fourth-order valence-corrected chi connectivity index (χ4v) is 4.53. The predicted molar refractivity (Wildman–Crippen MR) is 108 cm³/mol. The summed E-state index contributed by atoms with van der Waals surface area (Å²) in [6, 6.07) is 17.2. The van der Waals surface area contributed by atoms with Crippen LogP contribution in [0.1, 0.15) is 18.2 Å². The molecule has 142 valence electrons. The molecule has 2 unspecified atom stereocenters. The second kappa shape index (κ2) is 6.91. The van der Waals surface area contributed by atoms with Crippen molar-refractivity contribution in [2.45, 2.75) is 30.6 Å². The average molecular weight is 393 g/mol. The minimum Gasteiger partial charge on any atom is -0.482 e. The van der Waals surface area contributed by atoms with Crippen LogP contribution in [0.15, 0.2) is 54.6 Å². The number of nitrogens with zero attached hydrogens (tertiary/aromatic N) is 2. The lowest BCUT2D eigenvalue weighted by atomic mass is 10.1. The molecule has 3 heterocycles. The van der Waals surface area contributed by atoms with Gasteiger partial charge >= 0.3 is 0 Å². The van der Waals surface area contributed by atoms with Crippen molar-refractivity contribution in [2.24, 2.45) is 0 Å². The van der Waals surface area contributed by atoms with Crippen LogP contribution in [0.4, 0.5) is 5.82 Å². The van der Waals surface area contributed by atoms with Gasteiger partial charge in [0.15, 0.2) is 11.5 Å². The highest BCUT2D eigenvalue weighted by Gasteiger charge is 2.35. The van der Waals surface area contributed by atoms with Gasteiger partial charge in [-0.15, -0.1) is 0 Å². The van der Waals surface area contributed by atoms with E-state index in [2.05, 4.69) is 5.32 Å². The molecule has 0 saturated heterocycles. The largest absolute Gasteiger partial charge is 0.482 e. The fourth-order valence-electron chi connectivity index (χ4n) is 3.49. The summed E-state index contributed by atoms with van der Waals surface area (Å²) in [6.07, 6.45) is -1.14. The summed E-state index contributed by atoms with van der Waals surface area (Å²) in [5.74, 6) is 3.40. The van der Waals surface area contributed by atoms with Gasteiger partial charge in [0.1, 0.15) is 11.9 Å². The third-order valence-electron chi connectivity index (χ3n) is 4.89. The number of hydrogen-bond donors (Lipinski definition) is 1. The smallest absolute Gasteiger partial charge is 0.270 e. The third-order valence-corrected chi connectivity index (χ3v) is 5.87. The standard InChI is InChI=1S/C21H19N3O3S/c1-13-19(27-18-10-6-5-9-17(18)26-13)21(25)22-20-15-11-28-12-16(15)23-24(20)14-7-3-2-4-8-14/h2-10,13,19H,11-12H2,1H3,(H,22,25). The Hall–Kier alpha value is -2.93. The van der Waals surface area contributed by atoms with Gasteiger partial charge < -0.3 is 14.8 Å². The van der Waals surface area contributed by atoms with Crippen molar-refractivity contribution in [1.82, 2.24) is 9.78 Å². The van der Waals surface area contributed by atoms with Gasteiger partial charge in [-0.25, -0.2) is 4.68 Å². The summed E-state index contributed by atoms with van der Waals surface area (Å²) in [4.78, 5) is 13.1. The number of carbonyl (C=O) groups is 1. The van der Waals surface area contributed by atoms with Crippen LogP contribution in [0, 0.1) is 0 Å². The molecule has 0 aliphatic carbocycles. The Bertz CT molecular complexity index is 1030. The highest BCUT2D eigenvalue weighted by Crippen LogP contribution is 2.37. The van der Waals surface area contributed by atoms with Gasteiger partial charge in [-0.2, -0.15) is 16.9 Å². The number of ether oxygens (including phenoxy) is 2. The Morgan fingerprint density at radius 2 is 1.79 bits per heavy atom. The first-order valence-corrected chi connectivity index (χ1v) is 10.3. The number of carbonyl (C=O) groups excluding carboxylic acids is 1. The lowest BCUT2D eigenvalue weighted by molar-refractivity contribution is -0.128. The number of amides is 1. The summed E-state index contributed by atoms with van der Waals surface area (Å²) in [7, 11) is 0. The molecule has 28 heavy (non-hydrogen) atoms. The van der Waals surface area contributed by atoms with Crippen LogP contribution in [-0.4, -0.2) is 27.9 Å². The van der Waals surface area contributed by atoms with E-state index in [0.717, 1.165) is 28.5 Å². The van der Waals surface area contributed by atoms with Gasteiger partial charge in [0.2, 0.25) is 6.10 Å². The first-order valence-electron chi connectivity index (χ1n) is 9.18. The van der Waals surface area contributed by atoms with Crippen LogP contribution in [0.2, 0.25) is 0 Å². The van der Waals surface area contributed by atoms with E-state index in [9.17, 15) is 4.79 Å². The van der Waals surface area contributed by atoms with Crippen molar-refractivity contribution in [3.8, 4) is 17.2 Å². The molecule has 7 heteroatoms. The Morgan fingerprint density at radius 1 is 1.07 bits per heavy atom. The van der Waals surface area contributed by atoms with E-state index in [1.165, 1.54) is 0 Å². The number of nitrogens with one attached hydrogen (secondary N) is 1. The maximum Gasteiger partial charge on any atom is 0.270 e. The number of hydrogen-bond acceptors (Lipinski definition) is 5. The second-order valence-corrected chi connectivity index (χ2v) is 7.80. The van der Waals surface area contributed by atoms with E-state index in [0.29, 0.717) is 17.3 Å². The lowest BCUT2D eigenvalue weighted by Crippen LogP contribution is -2.46. The van der Waals surface area contributed by atoms with E-state index < -0.39 is 12.2 Å². The van der Waals surface area contributed by atoms with E-state index in [4.69, 9.17) is 14.6 Å². The fraction of sp³-hybridized carbons (Fsp3) is 0.238. The molecule has 1 aromatic heterocycles. The van der Waals surface area contributed by atoms with Gasteiger partial charge in [0, 0.05) is 17.1 Å². The summed E-state index contributed by atoms with van der Waals surface area (Å²) in [5.41, 5.74) is 3.01. The SMILES string of the molecule is CC1Oc2ccccc2OC1C(=O)Nc1c2c(nn1-c1ccccc1)CSC2. The van der Waals surface area contributed by atoms with Crippen LogP contribution in [0.3, 0.4) is 0 Å². The van der Waals surface area contributed by atoms with E-state index in [1.54, 1.807) is 11.8 Å². The molecule has 0 bridgehead atoms. The predicted octanol–water partition coefficient (Wildman–Crippen LogP) is 3.79. The van der Waals surface area contributed by atoms with E-state index >= 15 is 0 Å². The molecule has 3 aromatic rings. The van der Waals surface area contributed by atoms with Crippen LogP contribution in [-0.2, 0) is 16.3 Å². The number of anilines is 1. The molecule has 2 aromatic carbocycles. The minimum atomic E-state index is -0.737. The van der Waals surface area contributed by atoms with Crippen molar-refractivity contribution in [3.63, 3.8) is 0 Å². The van der Waals surface area contributed by atoms with Crippen molar-refractivity contribution in [2.75, 3.05) is 5.32 Å². The molecule has 1 N–H and O–H groups in total. The van der Waals surface area contributed by atoms with Gasteiger partial charge in [0.05, 0.1) is 11.4 Å². The van der Waals surface area contributed by atoms with Crippen molar-refractivity contribution < 1.29 is 14.3 Å². The van der Waals surface area contributed by atoms with Crippen LogP contribution >= 0.6 is 11.8 Å². The molecule has 2 aliphatic heterocycles. The van der Waals surface area contributed by atoms with Crippen LogP contribution < -0.4 is 14.8 Å². The zero-order valence-corrected chi connectivity index (χ0v) is 16.1. The summed E-state index contributed by atoms with van der Waals surface area (Å²) in [6.45, 7) is 1.84. The van der Waals surface area contributed by atoms with Crippen molar-refractivity contribution in [1.29, 1.82) is 0 Å². The van der Waals surface area contributed by atoms with Crippen LogP contribution in [0.5, 0.6) is 11.5 Å². The molecule has 0 spiro atoms. The van der Waals surface area contributed by atoms with E-state index in [-0.39, 0.29) is 5.91 Å². The number of para-hydroxylation sites is 3. The zero-order valence-electron chi connectivity index (χ0n) is 15.3. The maximum absolute atomic E-state index is 13.1. The molecule has 1 amide bonds. The zero-order chi connectivity index (χ0) is 19.1. The maximum atomic E-state index is 13.1. The van der Waals surface area contributed by atoms with Gasteiger partial charge in [-0.3, -0.25) is 4.79 Å². The molecule has 5 rings (SSSR count). The molecule has 0 saturated carbocycles. The number of fused-ring (bicyclic) bond motifs is 2. The van der Waals surface area contributed by atoms with Gasteiger partial charge in [-0.1, -0.05) is 30.3 Å². The highest BCUT2D eigenvalue weighted by molar-refractivity contribution is 7.98. The second-order valence-electron chi connectivity index (χ2n) is 6.81. The van der Waals surface area contributed by atoms with Crippen LogP contribution in [0.25, 0.3) is 5.69 Å². The molecular formula is C21H19N3O3S. The Morgan fingerprint density at radius 3 is 2.57 bits per heavy atom. The number of thioether (sulfide) groups is 1. The quantitative estimate of drug-likeness (QED) is 0.734. The highest BCUT2D eigenvalue weighted by atomic mass is 32.2. The van der Waals surface area contributed by atoms with Crippen molar-refractivity contribution >= 4 is 23.5 Å². The number of benzene rings is 2. The molecule has 2 atom stereocenters. The average Bonchev–Trinajstić information content (AvgIpc) is 3.30. The Kier molecular flexibility index (Phi) is 4.24. The van der Waals surface area contributed by atoms with Gasteiger partial charge in [0.25, 0.3) is 5.91 Å². The minimum absolute atomic E-state index is 0.237.